The molecule has 0 unspecified atom stereocenters. The number of aromatic hydroxyl groups is 1. The fourth-order valence-corrected chi connectivity index (χ4v) is 18.7. The largest absolute Gasteiger partial charge is 0.504 e. The number of ether oxygens (including phenoxy) is 15. The van der Waals surface area contributed by atoms with Gasteiger partial charge in [-0.1, -0.05) is 24.3 Å². The number of nitrogens with one attached hydrogen (secondary N) is 4. The fraction of sp³-hybridized carbons (Fsp3) is 0.268. The van der Waals surface area contributed by atoms with Crippen molar-refractivity contribution in [1.82, 2.24) is 0 Å². The van der Waals surface area contributed by atoms with Crippen molar-refractivity contribution in [1.29, 1.82) is 0 Å². The normalized spacial score (nSPS) is 14.5. The molecule has 4 aromatic carbocycles. The second kappa shape index (κ2) is 36.3. The summed E-state index contributed by atoms with van der Waals surface area (Å²) in [6, 6.07) is 18.4. The Balaban J connectivity index is 0.000000147. The first-order valence-corrected chi connectivity index (χ1v) is 42.7. The Kier molecular flexibility index (Phi) is 26.5. The van der Waals surface area contributed by atoms with Crippen LogP contribution in [0.3, 0.4) is 0 Å². The maximum atomic E-state index is 12.6. The van der Waals surface area contributed by atoms with E-state index < -0.39 is 64.0 Å². The number of hydrogen-bond acceptors (Lipinski definition) is 32. The van der Waals surface area contributed by atoms with Crippen LogP contribution in [-0.2, 0) is 78.2 Å². The van der Waals surface area contributed by atoms with Gasteiger partial charge < -0.3 is 76.2 Å². The summed E-state index contributed by atoms with van der Waals surface area (Å²) in [7, 11) is -10.9. The average molecular weight is 1680 g/mol. The number of rotatable bonds is 27. The summed E-state index contributed by atoms with van der Waals surface area (Å²) < 4.78 is 191. The van der Waals surface area contributed by atoms with Gasteiger partial charge in [0.15, 0.2) is 46.0 Å². The Labute approximate surface area is 652 Å². The molecule has 8 heterocycles. The number of thiophene rings is 4. The van der Waals surface area contributed by atoms with Crippen LogP contribution in [-0.4, -0.2) is 137 Å². The average Bonchev–Trinajstić information content (AvgIpc) is 1.73. The summed E-state index contributed by atoms with van der Waals surface area (Å²) in [6.45, 7) is 3.52. The number of carbonyl (C=O) groups excluding carboxylic acids is 4. The van der Waals surface area contributed by atoms with Gasteiger partial charge in [0.05, 0.1) is 57.3 Å². The number of phenolic OH excluding ortho intramolecular Hbond substituents is 1. The molecule has 590 valence electrons. The Morgan fingerprint density at radius 3 is 1.13 bits per heavy atom. The maximum absolute atomic E-state index is 12.6. The molecule has 32 nitrogen and oxygen atoms in total. The first-order valence-electron chi connectivity index (χ1n) is 33.2. The number of anilines is 4. The molecule has 4 aliphatic heterocycles. The van der Waals surface area contributed by atoms with Gasteiger partial charge >= 0.3 is 23.9 Å². The van der Waals surface area contributed by atoms with E-state index in [0.717, 1.165) is 83.9 Å². The van der Waals surface area contributed by atoms with Crippen LogP contribution >= 0.6 is 45.3 Å². The fourth-order valence-electron chi connectivity index (χ4n) is 10.5. The van der Waals surface area contributed by atoms with Crippen molar-refractivity contribution < 1.29 is 129 Å². The molecule has 40 heteroatoms. The molecule has 0 spiro atoms. The van der Waals surface area contributed by atoms with E-state index in [2.05, 4.69) is 18.9 Å². The predicted octanol–water partition coefficient (Wildman–Crippen LogP) is 12.2. The highest BCUT2D eigenvalue weighted by molar-refractivity contribution is 7.95. The summed E-state index contributed by atoms with van der Waals surface area (Å²) in [5.41, 5.74) is 2.05. The first kappa shape index (κ1) is 81.1. The van der Waals surface area contributed by atoms with Crippen LogP contribution in [0.5, 0.6) is 69.0 Å². The molecule has 0 bridgehead atoms. The Hall–Kier alpha value is -10.9. The minimum Gasteiger partial charge on any atom is -0.504 e. The smallest absolute Gasteiger partial charge is 0.331 e. The van der Waals surface area contributed by atoms with Gasteiger partial charge in [0.25, 0.3) is 40.1 Å². The molecule has 2 aliphatic carbocycles. The molecular weight excluding hydrogens is 1610 g/mol. The standard InChI is InChI=1S/C19H19NO7S2.C18H17NO7S2.2C17H17NO7S2/c1-24-17-12(7-8-15(21)27-13-4-2-5-13)10-14(18-19(17)26-11-25-18)20-29(22,23)16-6-3-9-28-16;20-14(26-12-3-1-4-12)7-6-11-9-13(17-18(16(11)21)25-10-24-17)19-28(22,23)15-5-2-8-27-15;1-3-23-14(19)7-6-11-12(18-27(20,21)15-5-4-8-26-15)9-13-17(16(11)22-2)25-10-24-13;1-3-23-13(19)7-6-11-9-12(16-17(15(11)22-2)25-10-24-16)18-27(20,21)14-5-4-8-26-14/h3,6-10,13,20H,2,4-5,11H2,1H3;2,5-9,12,19,21H,1,3-4,10H2;2*4-9,18H,3,10H2,1-2H3/b8-7+;3*7-6+. The van der Waals surface area contributed by atoms with Gasteiger partial charge in [-0.3, -0.25) is 18.9 Å². The molecule has 14 rings (SSSR count). The van der Waals surface area contributed by atoms with Crippen molar-refractivity contribution in [2.45, 2.75) is 81.4 Å². The molecule has 0 atom stereocenters. The SMILES string of the molecule is CCOC(=O)/C=C/c1c(NS(=O)(=O)c2cccs2)cc2c(c1OC)OCO2.CCOC(=O)/C=C/c1cc(NS(=O)(=O)c2cccs2)c2c(c1OC)OCO2.COc1c(/C=C/C(=O)OC2CCC2)cc(NS(=O)(=O)c2cccs2)c2c1OCO2.O=C(/C=C/c1cc(NS(=O)(=O)c2cccs2)c2c(c1O)OCO2)OC1CCC1. The Bertz CT molecular complexity index is 5310. The van der Waals surface area contributed by atoms with Gasteiger partial charge in [-0.25, -0.2) is 52.8 Å². The van der Waals surface area contributed by atoms with Gasteiger partial charge in [-0.2, -0.15) is 0 Å². The van der Waals surface area contributed by atoms with Crippen molar-refractivity contribution in [3.05, 3.63) is 141 Å². The van der Waals surface area contributed by atoms with Gasteiger partial charge in [-0.15, -0.1) is 45.3 Å². The zero-order valence-corrected chi connectivity index (χ0v) is 65.8. The van der Waals surface area contributed by atoms with E-state index in [1.807, 2.05) is 0 Å². The van der Waals surface area contributed by atoms with Crippen LogP contribution in [0.1, 0.15) is 74.6 Å². The summed E-state index contributed by atoms with van der Waals surface area (Å²) in [5.74, 6) is 0.323. The molecule has 8 aromatic rings. The molecule has 0 amide bonds. The van der Waals surface area contributed by atoms with E-state index in [0.29, 0.717) is 39.7 Å². The summed E-state index contributed by atoms with van der Waals surface area (Å²) in [4.78, 5) is 47.2. The van der Waals surface area contributed by atoms with Crippen molar-refractivity contribution in [3.63, 3.8) is 0 Å². The van der Waals surface area contributed by atoms with Crippen molar-refractivity contribution >= 4 is 156 Å². The highest BCUT2D eigenvalue weighted by Gasteiger charge is 2.34. The van der Waals surface area contributed by atoms with Gasteiger partial charge in [0.1, 0.15) is 29.0 Å². The van der Waals surface area contributed by atoms with Gasteiger partial charge in [0.2, 0.25) is 50.2 Å². The lowest BCUT2D eigenvalue weighted by Gasteiger charge is -2.24. The number of fused-ring (bicyclic) bond motifs is 4. The minimum atomic E-state index is -3.83. The molecule has 5 N–H and O–H groups in total. The van der Waals surface area contributed by atoms with Crippen LogP contribution in [0.25, 0.3) is 24.3 Å². The number of sulfonamides is 4. The Morgan fingerprint density at radius 1 is 0.423 bits per heavy atom. The molecule has 4 aromatic heterocycles. The zero-order chi connectivity index (χ0) is 79.0. The number of methoxy groups -OCH3 is 3. The lowest BCUT2D eigenvalue weighted by atomic mass is 9.96. The number of phenols is 1. The highest BCUT2D eigenvalue weighted by atomic mass is 32.3. The maximum Gasteiger partial charge on any atom is 0.331 e. The molecule has 0 radical (unpaired) electrons. The molecule has 0 saturated heterocycles. The number of esters is 4. The summed E-state index contributed by atoms with van der Waals surface area (Å²) >= 11 is 4.35. The van der Waals surface area contributed by atoms with Crippen LogP contribution in [0, 0.1) is 0 Å². The molecule has 2 saturated carbocycles. The third kappa shape index (κ3) is 19.8. The van der Waals surface area contributed by atoms with Crippen molar-refractivity contribution in [2.24, 2.45) is 0 Å². The summed E-state index contributed by atoms with van der Waals surface area (Å²) in [5, 5.41) is 17.0. The van der Waals surface area contributed by atoms with E-state index in [9.17, 15) is 58.0 Å². The molecule has 2 fully saturated rings. The molecule has 111 heavy (non-hydrogen) atoms. The number of benzene rings is 4. The van der Waals surface area contributed by atoms with Gasteiger partial charge in [0, 0.05) is 52.6 Å². The number of carbonyl (C=O) groups is 4. The van der Waals surface area contributed by atoms with E-state index in [1.54, 1.807) is 59.6 Å². The number of hydrogen-bond donors (Lipinski definition) is 5. The first-order chi connectivity index (χ1) is 53.3. The van der Waals surface area contributed by atoms with Crippen LogP contribution < -0.4 is 71.0 Å². The molecular formula is C71H70N4O28S8. The monoisotopic (exact) mass is 1680 g/mol. The second-order valence-electron chi connectivity index (χ2n) is 23.2. The lowest BCUT2D eigenvalue weighted by Crippen LogP contribution is -2.23. The van der Waals surface area contributed by atoms with Crippen LogP contribution in [0.2, 0.25) is 0 Å². The summed E-state index contributed by atoms with van der Waals surface area (Å²) in [6.07, 6.45) is 16.1. The van der Waals surface area contributed by atoms with E-state index in [1.165, 1.54) is 118 Å². The molecule has 6 aliphatic rings. The highest BCUT2D eigenvalue weighted by Crippen LogP contribution is 2.53. The quantitative estimate of drug-likeness (QED) is 0.0138. The Morgan fingerprint density at radius 2 is 0.757 bits per heavy atom. The van der Waals surface area contributed by atoms with Crippen molar-refractivity contribution in [2.75, 3.05) is 80.6 Å². The minimum absolute atomic E-state index is 0.0124. The van der Waals surface area contributed by atoms with E-state index >= 15 is 0 Å². The third-order valence-corrected chi connectivity index (χ3v) is 27.1. The topological polar surface area (TPSA) is 412 Å². The van der Waals surface area contributed by atoms with Crippen LogP contribution in [0.15, 0.2) is 135 Å². The lowest BCUT2D eigenvalue weighted by molar-refractivity contribution is -0.147. The predicted molar refractivity (Wildman–Crippen MR) is 409 cm³/mol. The van der Waals surface area contributed by atoms with E-state index in [-0.39, 0.29) is 144 Å². The van der Waals surface area contributed by atoms with E-state index in [4.69, 9.17) is 71.1 Å². The zero-order valence-electron chi connectivity index (χ0n) is 59.2. The second-order valence-corrected chi connectivity index (χ2v) is 34.6. The third-order valence-electron chi connectivity index (χ3n) is 16.0. The van der Waals surface area contributed by atoms with Crippen LogP contribution in [0.4, 0.5) is 22.7 Å². The van der Waals surface area contributed by atoms with Crippen molar-refractivity contribution in [3.8, 4) is 69.0 Å². The van der Waals surface area contributed by atoms with Gasteiger partial charge in [-0.05, 0) is 141 Å².